The summed E-state index contributed by atoms with van der Waals surface area (Å²) in [4.78, 5) is 12.0. The smallest absolute Gasteiger partial charge is 0.185 e. The van der Waals surface area contributed by atoms with Gasteiger partial charge < -0.3 is 24.8 Å². The highest BCUT2D eigenvalue weighted by atomic mass is 32.2. The van der Waals surface area contributed by atoms with Crippen molar-refractivity contribution in [2.45, 2.75) is 49.6 Å². The van der Waals surface area contributed by atoms with Gasteiger partial charge in [0.25, 0.3) is 0 Å². The number of aromatic nitrogens is 2. The molecule has 4 heterocycles. The van der Waals surface area contributed by atoms with Crippen molar-refractivity contribution in [1.29, 1.82) is 0 Å². The highest BCUT2D eigenvalue weighted by Gasteiger charge is 2.48. The summed E-state index contributed by atoms with van der Waals surface area (Å²) in [5.41, 5.74) is 7.56. The minimum absolute atomic E-state index is 0.0316. The second kappa shape index (κ2) is 7.61. The zero-order valence-electron chi connectivity index (χ0n) is 20.3. The molecule has 5 rings (SSSR count). The molecule has 2 fully saturated rings. The van der Waals surface area contributed by atoms with Crippen LogP contribution in [0.4, 0.5) is 5.82 Å². The van der Waals surface area contributed by atoms with Crippen LogP contribution < -0.4 is 15.4 Å². The molecule has 1 aromatic heterocycles. The van der Waals surface area contributed by atoms with E-state index < -0.39 is 25.7 Å². The van der Waals surface area contributed by atoms with Crippen molar-refractivity contribution >= 4 is 15.7 Å². The normalized spacial score (nSPS) is 26.2. The molecule has 1 aromatic carbocycles. The number of morpholine rings is 1. The number of nitrogens with two attached hydrogens (primary N) is 1. The summed E-state index contributed by atoms with van der Waals surface area (Å²) in [6, 6.07) is 7.80. The molecule has 0 saturated carbocycles. The molecule has 3 aliphatic rings. The average Bonchev–Trinajstić information content (AvgIpc) is 2.75. The number of fused-ring (bicyclic) bond motifs is 3. The van der Waals surface area contributed by atoms with E-state index in [0.29, 0.717) is 56.1 Å². The average molecular weight is 489 g/mol. The maximum atomic E-state index is 12.8. The van der Waals surface area contributed by atoms with Gasteiger partial charge in [0.15, 0.2) is 27.2 Å². The Hall–Kier alpha value is -2.27. The SMILES string of the molecule is C[C@@H]1COC[C@@]2(C)COc3c(nc(-c4cccc(C5(N)COC5)c4)nc3C(C)(C)S(C)(=O)=O)N12. The van der Waals surface area contributed by atoms with Crippen LogP contribution >= 0.6 is 0 Å². The molecule has 2 N–H and O–H groups in total. The van der Waals surface area contributed by atoms with E-state index in [0.717, 1.165) is 11.1 Å². The first-order chi connectivity index (χ1) is 15.9. The van der Waals surface area contributed by atoms with Gasteiger partial charge in [-0.3, -0.25) is 0 Å². The van der Waals surface area contributed by atoms with Crippen molar-refractivity contribution < 1.29 is 22.6 Å². The van der Waals surface area contributed by atoms with Crippen LogP contribution in [0.15, 0.2) is 24.3 Å². The van der Waals surface area contributed by atoms with E-state index in [9.17, 15) is 8.42 Å². The first kappa shape index (κ1) is 23.5. The molecule has 2 saturated heterocycles. The summed E-state index contributed by atoms with van der Waals surface area (Å²) in [6.07, 6.45) is 1.22. The number of benzene rings is 1. The zero-order valence-corrected chi connectivity index (χ0v) is 21.1. The molecule has 3 aliphatic heterocycles. The predicted molar refractivity (Wildman–Crippen MR) is 129 cm³/mol. The van der Waals surface area contributed by atoms with Crippen LogP contribution in [-0.2, 0) is 29.6 Å². The summed E-state index contributed by atoms with van der Waals surface area (Å²) in [5, 5.41) is 0. The molecular formula is C24H32N4O5S. The standard InChI is InChI=1S/C24H32N4O5S/c1-15-10-31-11-23(4)12-33-18-19(22(2,3)34(5,29)30)26-20(27-21(18)28(15)23)16-7-6-8-17(9-16)24(25)13-32-14-24/h6-9,15H,10-14,25H2,1-5H3/t15-,23+/m1/s1. The molecule has 2 aromatic rings. The summed E-state index contributed by atoms with van der Waals surface area (Å²) < 4.78 is 41.8. The van der Waals surface area contributed by atoms with Gasteiger partial charge in [-0.2, -0.15) is 0 Å². The number of ether oxygens (including phenoxy) is 3. The van der Waals surface area contributed by atoms with Crippen molar-refractivity contribution in [3.63, 3.8) is 0 Å². The summed E-state index contributed by atoms with van der Waals surface area (Å²) in [6.45, 7) is 9.75. The fourth-order valence-electron chi connectivity index (χ4n) is 4.83. The Morgan fingerprint density at radius 1 is 1.15 bits per heavy atom. The molecule has 0 aliphatic carbocycles. The lowest BCUT2D eigenvalue weighted by Gasteiger charge is -2.52. The Bertz CT molecular complexity index is 1240. The molecule has 184 valence electrons. The molecule has 34 heavy (non-hydrogen) atoms. The summed E-state index contributed by atoms with van der Waals surface area (Å²) >= 11 is 0. The van der Waals surface area contributed by atoms with E-state index in [1.54, 1.807) is 13.8 Å². The van der Waals surface area contributed by atoms with Crippen LogP contribution in [0.1, 0.15) is 39.0 Å². The van der Waals surface area contributed by atoms with Crippen molar-refractivity contribution in [1.82, 2.24) is 9.97 Å². The van der Waals surface area contributed by atoms with Gasteiger partial charge in [0, 0.05) is 11.8 Å². The maximum Gasteiger partial charge on any atom is 0.185 e. The zero-order chi connectivity index (χ0) is 24.5. The van der Waals surface area contributed by atoms with E-state index in [1.807, 2.05) is 24.3 Å². The van der Waals surface area contributed by atoms with Crippen LogP contribution in [0.25, 0.3) is 11.4 Å². The van der Waals surface area contributed by atoms with Gasteiger partial charge in [-0.15, -0.1) is 0 Å². The fourth-order valence-corrected chi connectivity index (χ4v) is 5.32. The second-order valence-electron chi connectivity index (χ2n) is 10.6. The van der Waals surface area contributed by atoms with Crippen LogP contribution in [0, 0.1) is 0 Å². The number of sulfone groups is 1. The van der Waals surface area contributed by atoms with E-state index in [1.165, 1.54) is 6.26 Å². The molecule has 0 amide bonds. The van der Waals surface area contributed by atoms with Crippen LogP contribution in [0.3, 0.4) is 0 Å². The van der Waals surface area contributed by atoms with Gasteiger partial charge in [-0.05, 0) is 39.3 Å². The number of hydrogen-bond acceptors (Lipinski definition) is 9. The Morgan fingerprint density at radius 2 is 1.88 bits per heavy atom. The van der Waals surface area contributed by atoms with Gasteiger partial charge in [0.05, 0.1) is 43.5 Å². The third-order valence-electron chi connectivity index (χ3n) is 7.31. The van der Waals surface area contributed by atoms with Crippen molar-refractivity contribution in [3.8, 4) is 17.1 Å². The molecule has 0 bridgehead atoms. The predicted octanol–water partition coefficient (Wildman–Crippen LogP) is 1.98. The summed E-state index contributed by atoms with van der Waals surface area (Å²) in [7, 11) is -3.52. The Labute approximate surface area is 200 Å². The van der Waals surface area contributed by atoms with Gasteiger partial charge in [0.1, 0.15) is 17.0 Å². The molecule has 0 radical (unpaired) electrons. The Morgan fingerprint density at radius 3 is 2.53 bits per heavy atom. The highest BCUT2D eigenvalue weighted by molar-refractivity contribution is 7.91. The minimum Gasteiger partial charge on any atom is -0.485 e. The largest absolute Gasteiger partial charge is 0.485 e. The van der Waals surface area contributed by atoms with E-state index in [4.69, 9.17) is 29.9 Å². The van der Waals surface area contributed by atoms with Gasteiger partial charge in [-0.25, -0.2) is 18.4 Å². The molecule has 0 unspecified atom stereocenters. The number of rotatable bonds is 4. The molecular weight excluding hydrogens is 456 g/mol. The van der Waals surface area contributed by atoms with Crippen LogP contribution in [0.2, 0.25) is 0 Å². The van der Waals surface area contributed by atoms with E-state index in [-0.39, 0.29) is 6.04 Å². The first-order valence-electron chi connectivity index (χ1n) is 11.5. The third-order valence-corrected chi connectivity index (χ3v) is 9.36. The Balaban J connectivity index is 1.74. The number of anilines is 1. The fraction of sp³-hybridized carbons (Fsp3) is 0.583. The topological polar surface area (TPSA) is 117 Å². The molecule has 0 spiro atoms. The quantitative estimate of drug-likeness (QED) is 0.689. The van der Waals surface area contributed by atoms with Crippen molar-refractivity contribution in [2.24, 2.45) is 5.73 Å². The lowest BCUT2D eigenvalue weighted by atomic mass is 9.88. The van der Waals surface area contributed by atoms with E-state index in [2.05, 4.69) is 18.7 Å². The van der Waals surface area contributed by atoms with Crippen LogP contribution in [0.5, 0.6) is 5.75 Å². The Kier molecular flexibility index (Phi) is 5.26. The lowest BCUT2D eigenvalue weighted by molar-refractivity contribution is -0.0568. The molecule has 2 atom stereocenters. The molecule has 10 heteroatoms. The van der Waals surface area contributed by atoms with E-state index >= 15 is 0 Å². The third kappa shape index (κ3) is 3.50. The lowest BCUT2D eigenvalue weighted by Crippen LogP contribution is -2.64. The number of nitrogens with zero attached hydrogens (tertiary/aromatic N) is 3. The summed E-state index contributed by atoms with van der Waals surface area (Å²) in [5.74, 6) is 1.45. The second-order valence-corrected chi connectivity index (χ2v) is 13.1. The monoisotopic (exact) mass is 488 g/mol. The van der Waals surface area contributed by atoms with Gasteiger partial charge >= 0.3 is 0 Å². The molecule has 9 nitrogen and oxygen atoms in total. The first-order valence-corrected chi connectivity index (χ1v) is 13.3. The van der Waals surface area contributed by atoms with Gasteiger partial charge in [-0.1, -0.05) is 18.2 Å². The van der Waals surface area contributed by atoms with Gasteiger partial charge in [0.2, 0.25) is 0 Å². The minimum atomic E-state index is -3.52. The van der Waals surface area contributed by atoms with Crippen LogP contribution in [-0.4, -0.2) is 69.3 Å². The van der Waals surface area contributed by atoms with Crippen molar-refractivity contribution in [2.75, 3.05) is 44.2 Å². The van der Waals surface area contributed by atoms with Crippen molar-refractivity contribution in [3.05, 3.63) is 35.5 Å². The number of hydrogen-bond donors (Lipinski definition) is 1. The highest BCUT2D eigenvalue weighted by Crippen LogP contribution is 2.47. The maximum absolute atomic E-state index is 12.8.